The van der Waals surface area contributed by atoms with Gasteiger partial charge in [-0.1, -0.05) is 18.2 Å². The molecule has 1 N–H and O–H groups in total. The van der Waals surface area contributed by atoms with Gasteiger partial charge in [0.1, 0.15) is 5.69 Å². The van der Waals surface area contributed by atoms with E-state index in [1.807, 2.05) is 35.2 Å². The van der Waals surface area contributed by atoms with Crippen LogP contribution in [0, 0.1) is 0 Å². The first-order chi connectivity index (χ1) is 14.7. The number of nitrogens with zero attached hydrogens (tertiary/aromatic N) is 4. The predicted molar refractivity (Wildman–Crippen MR) is 120 cm³/mol. The van der Waals surface area contributed by atoms with Crippen LogP contribution < -0.4 is 15.1 Å². The zero-order valence-corrected chi connectivity index (χ0v) is 17.1. The van der Waals surface area contributed by atoms with E-state index < -0.39 is 0 Å². The molecule has 6 nitrogen and oxygen atoms in total. The van der Waals surface area contributed by atoms with Crippen LogP contribution in [-0.4, -0.2) is 35.0 Å². The molecule has 5 rings (SSSR count). The van der Waals surface area contributed by atoms with E-state index in [-0.39, 0.29) is 11.9 Å². The summed E-state index contributed by atoms with van der Waals surface area (Å²) in [6.45, 7) is 4.32. The Morgan fingerprint density at radius 3 is 2.60 bits per heavy atom. The van der Waals surface area contributed by atoms with Gasteiger partial charge in [-0.3, -0.25) is 4.79 Å². The lowest BCUT2D eigenvalue weighted by Gasteiger charge is -2.22. The van der Waals surface area contributed by atoms with Crippen LogP contribution in [0.2, 0.25) is 0 Å². The van der Waals surface area contributed by atoms with E-state index in [9.17, 15) is 4.79 Å². The normalized spacial score (nSPS) is 17.8. The number of aromatic nitrogens is 2. The number of nitrogens with one attached hydrogen (secondary N) is 1. The number of carbonyl (C=O) groups excluding carboxylic acids is 1. The second kappa shape index (κ2) is 7.78. The number of anilines is 4. The smallest absolute Gasteiger partial charge is 0.277 e. The fourth-order valence-electron chi connectivity index (χ4n) is 4.40. The lowest BCUT2D eigenvalue weighted by atomic mass is 10.1. The van der Waals surface area contributed by atoms with Crippen LogP contribution in [0.4, 0.5) is 23.0 Å². The number of benzene rings is 2. The van der Waals surface area contributed by atoms with Crippen molar-refractivity contribution in [3.63, 3.8) is 0 Å². The summed E-state index contributed by atoms with van der Waals surface area (Å²) in [4.78, 5) is 26.3. The molecule has 3 aromatic rings. The molecule has 1 amide bonds. The van der Waals surface area contributed by atoms with Crippen molar-refractivity contribution in [2.75, 3.05) is 28.2 Å². The summed E-state index contributed by atoms with van der Waals surface area (Å²) < 4.78 is 0. The summed E-state index contributed by atoms with van der Waals surface area (Å²) in [5.41, 5.74) is 4.71. The molecule has 1 atom stereocenters. The van der Waals surface area contributed by atoms with E-state index in [2.05, 4.69) is 45.3 Å². The van der Waals surface area contributed by atoms with Gasteiger partial charge in [0.05, 0.1) is 0 Å². The number of fused-ring (bicyclic) bond motifs is 1. The summed E-state index contributed by atoms with van der Waals surface area (Å²) in [5.74, 6) is 0.331. The first-order valence-corrected chi connectivity index (χ1v) is 10.6. The van der Waals surface area contributed by atoms with Crippen molar-refractivity contribution in [2.24, 2.45) is 0 Å². The van der Waals surface area contributed by atoms with Crippen LogP contribution in [0.5, 0.6) is 0 Å². The van der Waals surface area contributed by atoms with Gasteiger partial charge in [-0.25, -0.2) is 9.97 Å². The SMILES string of the molecule is CC1Cc2ccccc2N1C(=O)c1ccnc(Nc2ccc(N3CCCC3)cc2)n1. The third-order valence-electron chi connectivity index (χ3n) is 5.90. The molecule has 2 aromatic carbocycles. The van der Waals surface area contributed by atoms with Crippen molar-refractivity contribution in [1.82, 2.24) is 9.97 Å². The number of amides is 1. The van der Waals surface area contributed by atoms with E-state index in [0.717, 1.165) is 30.9 Å². The van der Waals surface area contributed by atoms with Crippen LogP contribution in [0.15, 0.2) is 60.8 Å². The lowest BCUT2D eigenvalue weighted by molar-refractivity contribution is 0.0976. The maximum absolute atomic E-state index is 13.2. The van der Waals surface area contributed by atoms with Crippen LogP contribution >= 0.6 is 0 Å². The molecule has 1 aromatic heterocycles. The topological polar surface area (TPSA) is 61.4 Å². The number of hydrogen-bond acceptors (Lipinski definition) is 5. The molecule has 152 valence electrons. The van der Waals surface area contributed by atoms with Crippen molar-refractivity contribution in [3.05, 3.63) is 72.1 Å². The van der Waals surface area contributed by atoms with E-state index >= 15 is 0 Å². The second-order valence-corrected chi connectivity index (χ2v) is 7.99. The van der Waals surface area contributed by atoms with Gasteiger partial charge in [0.15, 0.2) is 0 Å². The quantitative estimate of drug-likeness (QED) is 0.704. The van der Waals surface area contributed by atoms with Gasteiger partial charge in [-0.15, -0.1) is 0 Å². The zero-order valence-electron chi connectivity index (χ0n) is 17.1. The molecule has 1 fully saturated rings. The molecule has 2 aliphatic rings. The maximum atomic E-state index is 13.2. The molecule has 0 spiro atoms. The molecule has 2 aliphatic heterocycles. The second-order valence-electron chi connectivity index (χ2n) is 7.99. The first kappa shape index (κ1) is 18.6. The summed E-state index contributed by atoms with van der Waals surface area (Å²) >= 11 is 0. The van der Waals surface area contributed by atoms with Gasteiger partial charge in [0, 0.05) is 42.4 Å². The van der Waals surface area contributed by atoms with E-state index in [1.165, 1.54) is 24.1 Å². The number of hydrogen-bond donors (Lipinski definition) is 1. The fraction of sp³-hybridized carbons (Fsp3) is 0.292. The Labute approximate surface area is 176 Å². The minimum Gasteiger partial charge on any atom is -0.372 e. The molecule has 1 unspecified atom stereocenters. The summed E-state index contributed by atoms with van der Waals surface area (Å²) in [5, 5.41) is 3.23. The molecular formula is C24H25N5O. The summed E-state index contributed by atoms with van der Waals surface area (Å²) in [6.07, 6.45) is 5.01. The minimum atomic E-state index is -0.0951. The van der Waals surface area contributed by atoms with Crippen molar-refractivity contribution in [3.8, 4) is 0 Å². The van der Waals surface area contributed by atoms with E-state index in [0.29, 0.717) is 11.6 Å². The van der Waals surface area contributed by atoms with Gasteiger partial charge in [0.25, 0.3) is 5.91 Å². The first-order valence-electron chi connectivity index (χ1n) is 10.6. The fourth-order valence-corrected chi connectivity index (χ4v) is 4.40. The van der Waals surface area contributed by atoms with Crippen molar-refractivity contribution >= 4 is 28.9 Å². The van der Waals surface area contributed by atoms with Crippen molar-refractivity contribution < 1.29 is 4.79 Å². The summed E-state index contributed by atoms with van der Waals surface area (Å²) in [7, 11) is 0. The molecule has 0 saturated carbocycles. The van der Waals surface area contributed by atoms with Gasteiger partial charge in [0.2, 0.25) is 5.95 Å². The number of carbonyl (C=O) groups is 1. The standard InChI is InChI=1S/C24H25N5O/c1-17-16-18-6-2-3-7-22(18)29(17)23(30)21-12-13-25-24(27-21)26-19-8-10-20(11-9-19)28-14-4-5-15-28/h2-3,6-13,17H,4-5,14-16H2,1H3,(H,25,26,27). The Morgan fingerprint density at radius 2 is 1.80 bits per heavy atom. The monoisotopic (exact) mass is 399 g/mol. The molecule has 3 heterocycles. The average molecular weight is 399 g/mol. The molecule has 6 heteroatoms. The molecule has 0 aliphatic carbocycles. The maximum Gasteiger partial charge on any atom is 0.277 e. The zero-order chi connectivity index (χ0) is 20.5. The van der Waals surface area contributed by atoms with Crippen LogP contribution in [0.1, 0.15) is 35.8 Å². The number of rotatable bonds is 4. The third-order valence-corrected chi connectivity index (χ3v) is 5.90. The van der Waals surface area contributed by atoms with Gasteiger partial charge in [-0.05, 0) is 68.1 Å². The Hall–Kier alpha value is -3.41. The Morgan fingerprint density at radius 1 is 1.03 bits per heavy atom. The average Bonchev–Trinajstić information content (AvgIpc) is 3.41. The minimum absolute atomic E-state index is 0.0951. The number of para-hydroxylation sites is 1. The van der Waals surface area contributed by atoms with Crippen molar-refractivity contribution in [2.45, 2.75) is 32.2 Å². The molecule has 0 bridgehead atoms. The third kappa shape index (κ3) is 3.49. The largest absolute Gasteiger partial charge is 0.372 e. The predicted octanol–water partition coefficient (Wildman–Crippen LogP) is 4.41. The molecule has 0 radical (unpaired) electrons. The van der Waals surface area contributed by atoms with E-state index in [1.54, 1.807) is 12.3 Å². The van der Waals surface area contributed by atoms with Crippen LogP contribution in [-0.2, 0) is 6.42 Å². The highest BCUT2D eigenvalue weighted by molar-refractivity contribution is 6.06. The van der Waals surface area contributed by atoms with Gasteiger partial charge in [-0.2, -0.15) is 0 Å². The molecule has 30 heavy (non-hydrogen) atoms. The lowest BCUT2D eigenvalue weighted by Crippen LogP contribution is -2.36. The summed E-state index contributed by atoms with van der Waals surface area (Å²) in [6, 6.07) is 18.1. The van der Waals surface area contributed by atoms with Crippen LogP contribution in [0.3, 0.4) is 0 Å². The molecular weight excluding hydrogens is 374 g/mol. The highest BCUT2D eigenvalue weighted by Gasteiger charge is 2.32. The van der Waals surface area contributed by atoms with Gasteiger partial charge < -0.3 is 15.1 Å². The van der Waals surface area contributed by atoms with Crippen LogP contribution in [0.25, 0.3) is 0 Å². The highest BCUT2D eigenvalue weighted by Crippen LogP contribution is 2.33. The Kier molecular flexibility index (Phi) is 4.83. The Balaban J connectivity index is 1.34. The van der Waals surface area contributed by atoms with Gasteiger partial charge >= 0.3 is 0 Å². The van der Waals surface area contributed by atoms with E-state index in [4.69, 9.17) is 0 Å². The van der Waals surface area contributed by atoms with Crippen molar-refractivity contribution in [1.29, 1.82) is 0 Å². The molecule has 1 saturated heterocycles. The Bertz CT molecular complexity index is 1060. The highest BCUT2D eigenvalue weighted by atomic mass is 16.2.